The standard InChI is InChI=1S/C15H21BrFN/c1-9(2)18-8-11-14(15(11,3)4)10-5-6-13(17)12(16)7-10/h5-7,9,11,14,18H,8H2,1-4H3. The molecule has 0 amide bonds. The zero-order valence-corrected chi connectivity index (χ0v) is 13.0. The maximum Gasteiger partial charge on any atom is 0.137 e. The smallest absolute Gasteiger partial charge is 0.137 e. The number of benzene rings is 1. The van der Waals surface area contributed by atoms with Crippen LogP contribution in [0.5, 0.6) is 0 Å². The quantitative estimate of drug-likeness (QED) is 0.872. The van der Waals surface area contributed by atoms with E-state index in [0.717, 1.165) is 6.54 Å². The van der Waals surface area contributed by atoms with Crippen LogP contribution < -0.4 is 5.32 Å². The molecule has 2 unspecified atom stereocenters. The molecular weight excluding hydrogens is 293 g/mol. The van der Waals surface area contributed by atoms with E-state index < -0.39 is 0 Å². The van der Waals surface area contributed by atoms with E-state index in [4.69, 9.17) is 0 Å². The van der Waals surface area contributed by atoms with Gasteiger partial charge in [-0.1, -0.05) is 33.8 Å². The Morgan fingerprint density at radius 3 is 2.61 bits per heavy atom. The van der Waals surface area contributed by atoms with E-state index in [-0.39, 0.29) is 5.82 Å². The second kappa shape index (κ2) is 4.93. The average Bonchev–Trinajstić information content (AvgIpc) is 2.82. The maximum absolute atomic E-state index is 13.3. The number of halogens is 2. The fraction of sp³-hybridized carbons (Fsp3) is 0.600. The zero-order valence-electron chi connectivity index (χ0n) is 11.4. The van der Waals surface area contributed by atoms with Gasteiger partial charge < -0.3 is 5.32 Å². The molecule has 1 aromatic carbocycles. The molecular formula is C15H21BrFN. The molecule has 0 bridgehead atoms. The van der Waals surface area contributed by atoms with Crippen LogP contribution in [0.2, 0.25) is 0 Å². The van der Waals surface area contributed by atoms with E-state index in [9.17, 15) is 4.39 Å². The fourth-order valence-electron chi connectivity index (χ4n) is 2.86. The molecule has 1 N–H and O–H groups in total. The van der Waals surface area contributed by atoms with E-state index in [1.807, 2.05) is 12.1 Å². The molecule has 2 rings (SSSR count). The summed E-state index contributed by atoms with van der Waals surface area (Å²) in [6, 6.07) is 5.92. The lowest BCUT2D eigenvalue weighted by atomic mass is 10.0. The summed E-state index contributed by atoms with van der Waals surface area (Å²) < 4.78 is 13.8. The van der Waals surface area contributed by atoms with Crippen LogP contribution in [0.3, 0.4) is 0 Å². The first-order valence-corrected chi connectivity index (χ1v) is 7.31. The summed E-state index contributed by atoms with van der Waals surface area (Å²) >= 11 is 3.27. The minimum Gasteiger partial charge on any atom is -0.314 e. The van der Waals surface area contributed by atoms with E-state index in [0.29, 0.717) is 27.8 Å². The third kappa shape index (κ3) is 2.62. The number of hydrogen-bond acceptors (Lipinski definition) is 1. The molecule has 1 nitrogen and oxygen atoms in total. The first-order chi connectivity index (χ1) is 8.34. The van der Waals surface area contributed by atoms with Crippen molar-refractivity contribution in [1.82, 2.24) is 5.32 Å². The topological polar surface area (TPSA) is 12.0 Å². The van der Waals surface area contributed by atoms with Crippen molar-refractivity contribution in [3.8, 4) is 0 Å². The van der Waals surface area contributed by atoms with Gasteiger partial charge in [-0.15, -0.1) is 0 Å². The average molecular weight is 314 g/mol. The molecule has 0 aromatic heterocycles. The van der Waals surface area contributed by atoms with Crippen LogP contribution in [0.25, 0.3) is 0 Å². The zero-order chi connectivity index (χ0) is 13.5. The van der Waals surface area contributed by atoms with Crippen LogP contribution in [-0.4, -0.2) is 12.6 Å². The van der Waals surface area contributed by atoms with Crippen molar-refractivity contribution in [2.24, 2.45) is 11.3 Å². The Morgan fingerprint density at radius 2 is 2.06 bits per heavy atom. The van der Waals surface area contributed by atoms with Gasteiger partial charge in [0, 0.05) is 6.04 Å². The van der Waals surface area contributed by atoms with Crippen LogP contribution in [0, 0.1) is 17.2 Å². The Bertz CT molecular complexity index is 442. The Labute approximate surface area is 117 Å². The Balaban J connectivity index is 2.11. The van der Waals surface area contributed by atoms with Crippen LogP contribution in [0.15, 0.2) is 22.7 Å². The van der Waals surface area contributed by atoms with Gasteiger partial charge in [-0.25, -0.2) is 4.39 Å². The third-order valence-corrected chi connectivity index (χ3v) is 4.71. The van der Waals surface area contributed by atoms with Crippen molar-refractivity contribution in [1.29, 1.82) is 0 Å². The Hall–Kier alpha value is -0.410. The van der Waals surface area contributed by atoms with Crippen LogP contribution >= 0.6 is 15.9 Å². The van der Waals surface area contributed by atoms with Gasteiger partial charge in [-0.05, 0) is 57.4 Å². The third-order valence-electron chi connectivity index (χ3n) is 4.10. The number of rotatable bonds is 4. The summed E-state index contributed by atoms with van der Waals surface area (Å²) in [6.45, 7) is 9.95. The molecule has 1 fully saturated rings. The molecule has 0 aliphatic heterocycles. The van der Waals surface area contributed by atoms with Gasteiger partial charge in [0.1, 0.15) is 5.82 Å². The molecule has 2 atom stereocenters. The van der Waals surface area contributed by atoms with E-state index in [1.54, 1.807) is 6.07 Å². The second-order valence-corrected chi connectivity index (χ2v) is 7.00. The molecule has 0 heterocycles. The highest BCUT2D eigenvalue weighted by molar-refractivity contribution is 9.10. The molecule has 1 saturated carbocycles. The van der Waals surface area contributed by atoms with Gasteiger partial charge in [0.15, 0.2) is 0 Å². The van der Waals surface area contributed by atoms with Gasteiger partial charge in [0.2, 0.25) is 0 Å². The molecule has 0 saturated heterocycles. The van der Waals surface area contributed by atoms with Crippen LogP contribution in [0.4, 0.5) is 4.39 Å². The predicted octanol–water partition coefficient (Wildman–Crippen LogP) is 4.33. The summed E-state index contributed by atoms with van der Waals surface area (Å²) in [7, 11) is 0. The van der Waals surface area contributed by atoms with Crippen LogP contribution in [0.1, 0.15) is 39.2 Å². The van der Waals surface area contributed by atoms with Crippen molar-refractivity contribution in [2.45, 2.75) is 39.7 Å². The normalized spacial score (nSPS) is 25.5. The van der Waals surface area contributed by atoms with Gasteiger partial charge in [0.05, 0.1) is 4.47 Å². The van der Waals surface area contributed by atoms with E-state index in [1.165, 1.54) is 5.56 Å². The summed E-state index contributed by atoms with van der Waals surface area (Å²) in [4.78, 5) is 0. The minimum absolute atomic E-state index is 0.186. The molecule has 100 valence electrons. The molecule has 0 spiro atoms. The SMILES string of the molecule is CC(C)NCC1C(c2ccc(F)c(Br)c2)C1(C)C. The number of hydrogen-bond donors (Lipinski definition) is 1. The molecule has 18 heavy (non-hydrogen) atoms. The highest BCUT2D eigenvalue weighted by atomic mass is 79.9. The van der Waals surface area contributed by atoms with Gasteiger partial charge >= 0.3 is 0 Å². The summed E-state index contributed by atoms with van der Waals surface area (Å²) in [6.07, 6.45) is 0. The van der Waals surface area contributed by atoms with Crippen molar-refractivity contribution in [2.75, 3.05) is 6.54 Å². The predicted molar refractivity (Wildman–Crippen MR) is 77.3 cm³/mol. The summed E-state index contributed by atoms with van der Waals surface area (Å²) in [5.74, 6) is 0.979. The lowest BCUT2D eigenvalue weighted by Crippen LogP contribution is -2.26. The fourth-order valence-corrected chi connectivity index (χ4v) is 3.25. The molecule has 0 radical (unpaired) electrons. The van der Waals surface area contributed by atoms with Crippen LogP contribution in [-0.2, 0) is 0 Å². The van der Waals surface area contributed by atoms with Crippen molar-refractivity contribution < 1.29 is 4.39 Å². The van der Waals surface area contributed by atoms with Crippen molar-refractivity contribution in [3.05, 3.63) is 34.1 Å². The highest BCUT2D eigenvalue weighted by Crippen LogP contribution is 2.64. The lowest BCUT2D eigenvalue weighted by molar-refractivity contribution is 0.491. The second-order valence-electron chi connectivity index (χ2n) is 6.14. The van der Waals surface area contributed by atoms with Crippen molar-refractivity contribution in [3.63, 3.8) is 0 Å². The monoisotopic (exact) mass is 313 g/mol. The Morgan fingerprint density at radius 1 is 1.39 bits per heavy atom. The first-order valence-electron chi connectivity index (χ1n) is 6.52. The largest absolute Gasteiger partial charge is 0.314 e. The Kier molecular flexibility index (Phi) is 3.84. The first kappa shape index (κ1) is 14.0. The van der Waals surface area contributed by atoms with E-state index in [2.05, 4.69) is 48.9 Å². The molecule has 3 heteroatoms. The highest BCUT2D eigenvalue weighted by Gasteiger charge is 2.57. The maximum atomic E-state index is 13.3. The lowest BCUT2D eigenvalue weighted by Gasteiger charge is -2.08. The summed E-state index contributed by atoms with van der Waals surface area (Å²) in [5, 5.41) is 3.50. The molecule has 1 aliphatic carbocycles. The summed E-state index contributed by atoms with van der Waals surface area (Å²) in [5.41, 5.74) is 1.54. The van der Waals surface area contributed by atoms with Gasteiger partial charge in [-0.3, -0.25) is 0 Å². The number of nitrogens with one attached hydrogen (secondary N) is 1. The van der Waals surface area contributed by atoms with Gasteiger partial charge in [-0.2, -0.15) is 0 Å². The van der Waals surface area contributed by atoms with Gasteiger partial charge in [0.25, 0.3) is 0 Å². The van der Waals surface area contributed by atoms with Crippen molar-refractivity contribution >= 4 is 15.9 Å². The van der Waals surface area contributed by atoms with E-state index >= 15 is 0 Å². The molecule has 1 aromatic rings. The minimum atomic E-state index is -0.186. The molecule has 1 aliphatic rings.